The number of nitrogens with one attached hydrogen (secondary N) is 2. The second-order valence-corrected chi connectivity index (χ2v) is 16.7. The third-order valence-electron chi connectivity index (χ3n) is 9.04. The van der Waals surface area contributed by atoms with Gasteiger partial charge in [0.25, 0.3) is 10.0 Å². The average Bonchev–Trinajstić information content (AvgIpc) is 2.92. The van der Waals surface area contributed by atoms with Crippen LogP contribution in [0.4, 0.5) is 17.1 Å². The Morgan fingerprint density at radius 1 is 0.810 bits per heavy atom. The third kappa shape index (κ3) is 6.09. The van der Waals surface area contributed by atoms with E-state index >= 15 is 0 Å². The summed E-state index contributed by atoms with van der Waals surface area (Å²) in [7, 11) is -7.57. The summed E-state index contributed by atoms with van der Waals surface area (Å²) in [5.41, 5.74) is 2.71. The lowest BCUT2D eigenvalue weighted by Gasteiger charge is -2.57. The van der Waals surface area contributed by atoms with Crippen molar-refractivity contribution in [1.82, 2.24) is 0 Å². The number of nitrogens with zero attached hydrogens (tertiary/aromatic N) is 1. The molecule has 222 valence electrons. The highest BCUT2D eigenvalue weighted by molar-refractivity contribution is 9.10. The molecule has 8 nitrogen and oxygen atoms in total. The summed E-state index contributed by atoms with van der Waals surface area (Å²) < 4.78 is 55.4. The van der Waals surface area contributed by atoms with E-state index in [1.54, 1.807) is 24.3 Å². The summed E-state index contributed by atoms with van der Waals surface area (Å²) in [4.78, 5) is 13.0. The molecule has 0 heterocycles. The second kappa shape index (κ2) is 11.0. The molecular weight excluding hydrogens is 638 g/mol. The predicted molar refractivity (Wildman–Crippen MR) is 169 cm³/mol. The van der Waals surface area contributed by atoms with E-state index in [2.05, 4.69) is 38.1 Å². The quantitative estimate of drug-likeness (QED) is 0.285. The van der Waals surface area contributed by atoms with E-state index in [4.69, 9.17) is 0 Å². The highest BCUT2D eigenvalue weighted by Gasteiger charge is 2.51. The Labute approximate surface area is 256 Å². The summed E-state index contributed by atoms with van der Waals surface area (Å²) >= 11 is 3.32. The number of anilines is 3. The maximum atomic E-state index is 12.9. The van der Waals surface area contributed by atoms with E-state index in [0.717, 1.165) is 32.8 Å². The molecule has 4 aliphatic carbocycles. The van der Waals surface area contributed by atoms with Crippen molar-refractivity contribution in [3.05, 3.63) is 82.8 Å². The molecule has 2 N–H and O–H groups in total. The van der Waals surface area contributed by atoms with E-state index < -0.39 is 32.5 Å². The first-order valence-electron chi connectivity index (χ1n) is 14.2. The van der Waals surface area contributed by atoms with Gasteiger partial charge in [-0.25, -0.2) is 16.8 Å². The Balaban J connectivity index is 1.12. The molecule has 42 heavy (non-hydrogen) atoms. The average molecular weight is 673 g/mol. The first kappa shape index (κ1) is 29.2. The maximum Gasteiger partial charge on any atom is 0.261 e. The van der Waals surface area contributed by atoms with Crippen LogP contribution in [-0.2, 0) is 30.3 Å². The van der Waals surface area contributed by atoms with Gasteiger partial charge in [-0.3, -0.25) is 13.8 Å². The molecule has 4 fully saturated rings. The van der Waals surface area contributed by atoms with Crippen molar-refractivity contribution in [2.75, 3.05) is 27.1 Å². The van der Waals surface area contributed by atoms with Crippen LogP contribution in [0, 0.1) is 17.8 Å². The highest BCUT2D eigenvalue weighted by Crippen LogP contribution is 2.60. The molecule has 7 rings (SSSR count). The van der Waals surface area contributed by atoms with Crippen molar-refractivity contribution in [3.63, 3.8) is 0 Å². The van der Waals surface area contributed by atoms with Gasteiger partial charge in [0.05, 0.1) is 16.8 Å². The number of carbonyl (C=O) groups is 1. The molecule has 3 aromatic rings. The van der Waals surface area contributed by atoms with Crippen LogP contribution in [-0.4, -0.2) is 35.5 Å². The van der Waals surface area contributed by atoms with Crippen LogP contribution in [0.2, 0.25) is 0 Å². The normalized spacial score (nSPS) is 24.8. The van der Waals surface area contributed by atoms with Crippen molar-refractivity contribution < 1.29 is 21.6 Å². The lowest BCUT2D eigenvalue weighted by atomic mass is 9.48. The molecule has 0 saturated heterocycles. The van der Waals surface area contributed by atoms with Crippen LogP contribution in [0.3, 0.4) is 0 Å². The Bertz CT molecular complexity index is 1660. The molecule has 4 bridgehead atoms. The van der Waals surface area contributed by atoms with Gasteiger partial charge in [-0.2, -0.15) is 0 Å². The standard InChI is InChI=1S/C31H34BrN3O5S2/c1-41(37,38)35(28-10-2-24(3-11-28)31-17-21-14-22(18-31)16-23(15-21)19-31)20-30(36)33-26-8-12-29(13-9-26)42(39,40)34-27-6-4-25(32)5-7-27/h2-13,21-23,34H,14-20H2,1H3,(H,33,36). The Morgan fingerprint density at radius 2 is 1.33 bits per heavy atom. The van der Waals surface area contributed by atoms with Crippen molar-refractivity contribution in [3.8, 4) is 0 Å². The minimum Gasteiger partial charge on any atom is -0.325 e. The fourth-order valence-corrected chi connectivity index (χ4v) is 9.81. The molecule has 11 heteroatoms. The van der Waals surface area contributed by atoms with Gasteiger partial charge in [0.1, 0.15) is 6.54 Å². The molecule has 0 spiro atoms. The zero-order valence-electron chi connectivity index (χ0n) is 23.3. The zero-order valence-corrected chi connectivity index (χ0v) is 26.5. The van der Waals surface area contributed by atoms with Crippen molar-refractivity contribution in [1.29, 1.82) is 0 Å². The molecular formula is C31H34BrN3O5S2. The second-order valence-electron chi connectivity index (χ2n) is 12.2. The molecule has 0 aliphatic heterocycles. The van der Waals surface area contributed by atoms with E-state index in [1.165, 1.54) is 68.4 Å². The minimum absolute atomic E-state index is 0.0280. The number of hydrogen-bond acceptors (Lipinski definition) is 5. The lowest BCUT2D eigenvalue weighted by Crippen LogP contribution is -2.48. The van der Waals surface area contributed by atoms with Gasteiger partial charge in [0.15, 0.2) is 0 Å². The molecule has 0 unspecified atom stereocenters. The zero-order chi connectivity index (χ0) is 29.7. The van der Waals surface area contributed by atoms with Gasteiger partial charge in [-0.1, -0.05) is 28.1 Å². The molecule has 4 aliphatic rings. The molecule has 1 amide bonds. The van der Waals surface area contributed by atoms with Gasteiger partial charge in [0.2, 0.25) is 15.9 Å². The van der Waals surface area contributed by atoms with Crippen molar-refractivity contribution in [2.24, 2.45) is 17.8 Å². The number of amides is 1. The van der Waals surface area contributed by atoms with Crippen LogP contribution in [0.5, 0.6) is 0 Å². The molecule has 0 atom stereocenters. The third-order valence-corrected chi connectivity index (χ3v) is 12.1. The summed E-state index contributed by atoms with van der Waals surface area (Å²) in [6.45, 7) is -0.402. The summed E-state index contributed by atoms with van der Waals surface area (Å²) in [6, 6.07) is 20.2. The Kier molecular flexibility index (Phi) is 7.64. The van der Waals surface area contributed by atoms with Crippen LogP contribution < -0.4 is 14.3 Å². The van der Waals surface area contributed by atoms with Crippen LogP contribution in [0.25, 0.3) is 0 Å². The van der Waals surface area contributed by atoms with E-state index in [-0.39, 0.29) is 10.3 Å². The van der Waals surface area contributed by atoms with Gasteiger partial charge in [0, 0.05) is 15.8 Å². The van der Waals surface area contributed by atoms with Crippen molar-refractivity contribution >= 4 is 58.9 Å². The van der Waals surface area contributed by atoms with Crippen molar-refractivity contribution in [2.45, 2.75) is 48.8 Å². The molecule has 4 saturated carbocycles. The lowest BCUT2D eigenvalue weighted by molar-refractivity contribution is -0.114. The molecule has 3 aromatic carbocycles. The van der Waals surface area contributed by atoms with E-state index in [1.807, 2.05) is 12.1 Å². The summed E-state index contributed by atoms with van der Waals surface area (Å²) in [5.74, 6) is 1.89. The van der Waals surface area contributed by atoms with Gasteiger partial charge >= 0.3 is 0 Å². The fraction of sp³-hybridized carbons (Fsp3) is 0.387. The number of benzene rings is 3. The molecule has 0 radical (unpaired) electrons. The Morgan fingerprint density at radius 3 is 1.86 bits per heavy atom. The Hall–Kier alpha value is -2.89. The van der Waals surface area contributed by atoms with Gasteiger partial charge in [-0.15, -0.1) is 0 Å². The van der Waals surface area contributed by atoms with Gasteiger partial charge in [-0.05, 0) is 128 Å². The fourth-order valence-electron chi connectivity index (χ4n) is 7.63. The smallest absolute Gasteiger partial charge is 0.261 e. The summed E-state index contributed by atoms with van der Waals surface area (Å²) in [6.07, 6.45) is 8.82. The maximum absolute atomic E-state index is 12.9. The van der Waals surface area contributed by atoms with Crippen LogP contribution in [0.1, 0.15) is 44.1 Å². The van der Waals surface area contributed by atoms with Crippen LogP contribution >= 0.6 is 15.9 Å². The molecule has 0 aromatic heterocycles. The number of hydrogen-bond donors (Lipinski definition) is 2. The predicted octanol–water partition coefficient (Wildman–Crippen LogP) is 6.12. The first-order chi connectivity index (χ1) is 19.9. The first-order valence-corrected chi connectivity index (χ1v) is 18.3. The van der Waals surface area contributed by atoms with E-state index in [9.17, 15) is 21.6 Å². The topological polar surface area (TPSA) is 113 Å². The highest BCUT2D eigenvalue weighted by atomic mass is 79.9. The monoisotopic (exact) mass is 671 g/mol. The van der Waals surface area contributed by atoms with Gasteiger partial charge < -0.3 is 5.32 Å². The van der Waals surface area contributed by atoms with E-state index in [0.29, 0.717) is 17.1 Å². The number of carbonyl (C=O) groups excluding carboxylic acids is 1. The number of rotatable bonds is 9. The number of sulfonamides is 2. The number of halogens is 1. The van der Waals surface area contributed by atoms with Crippen LogP contribution in [0.15, 0.2) is 82.2 Å². The SMILES string of the molecule is CS(=O)(=O)N(CC(=O)Nc1ccc(S(=O)(=O)Nc2ccc(Br)cc2)cc1)c1ccc(C23CC4CC(CC(C4)C2)C3)cc1. The largest absolute Gasteiger partial charge is 0.325 e. The minimum atomic E-state index is -3.83. The summed E-state index contributed by atoms with van der Waals surface area (Å²) in [5, 5.41) is 2.68.